The monoisotopic (exact) mass is 324 g/mol. The van der Waals surface area contributed by atoms with E-state index in [1.165, 1.54) is 0 Å². The summed E-state index contributed by atoms with van der Waals surface area (Å²) < 4.78 is 10.6. The van der Waals surface area contributed by atoms with Crippen LogP contribution in [0, 0.1) is 0 Å². The fraction of sp³-hybridized carbons (Fsp3) is 0.625. The Bertz CT molecular complexity index is 502. The van der Waals surface area contributed by atoms with Crippen molar-refractivity contribution in [2.24, 2.45) is 0 Å². The molecule has 0 saturated carbocycles. The van der Waals surface area contributed by atoms with Crippen LogP contribution in [0.5, 0.6) is 0 Å². The van der Waals surface area contributed by atoms with E-state index in [4.69, 9.17) is 15.2 Å². The number of carbonyl (C=O) groups is 1. The van der Waals surface area contributed by atoms with Crippen molar-refractivity contribution in [2.75, 3.05) is 33.0 Å². The highest BCUT2D eigenvalue weighted by Crippen LogP contribution is 2.11. The normalized spacial score (nSPS) is 13.0. The van der Waals surface area contributed by atoms with Gasteiger partial charge in [0, 0.05) is 32.9 Å². The van der Waals surface area contributed by atoms with Crippen LogP contribution in [0.4, 0.5) is 10.5 Å². The number of nitrogen functional groups attached to an aromatic ring is 1. The summed E-state index contributed by atoms with van der Waals surface area (Å²) in [6, 6.07) is 1.90. The Kier molecular flexibility index (Phi) is 7.25. The summed E-state index contributed by atoms with van der Waals surface area (Å²) in [6.45, 7) is 7.18. The van der Waals surface area contributed by atoms with Crippen molar-refractivity contribution in [3.8, 4) is 0 Å². The van der Waals surface area contributed by atoms with E-state index in [1.54, 1.807) is 19.5 Å². The van der Waals surface area contributed by atoms with Gasteiger partial charge in [0.15, 0.2) is 0 Å². The number of hydrogen-bond acceptors (Lipinski definition) is 6. The Morgan fingerprint density at radius 2 is 2.17 bits per heavy atom. The van der Waals surface area contributed by atoms with Crippen molar-refractivity contribution in [1.29, 1.82) is 0 Å². The Balaban J connectivity index is 2.43. The van der Waals surface area contributed by atoms with Crippen LogP contribution < -0.4 is 11.1 Å². The van der Waals surface area contributed by atoms with Gasteiger partial charge in [0.1, 0.15) is 5.60 Å². The van der Waals surface area contributed by atoms with E-state index in [0.29, 0.717) is 25.3 Å². The molecule has 1 heterocycles. The molecule has 1 atom stereocenters. The van der Waals surface area contributed by atoms with Crippen molar-refractivity contribution < 1.29 is 14.3 Å². The number of methoxy groups -OCH3 is 1. The first-order chi connectivity index (χ1) is 10.7. The number of aromatic nitrogens is 1. The third-order valence-electron chi connectivity index (χ3n) is 3.11. The topological polar surface area (TPSA) is 89.7 Å². The van der Waals surface area contributed by atoms with E-state index in [1.807, 2.05) is 33.9 Å². The molecule has 1 aromatic heterocycles. The molecule has 1 rings (SSSR count). The molecule has 0 bridgehead atoms. The molecule has 0 radical (unpaired) electrons. The number of rotatable bonds is 7. The van der Waals surface area contributed by atoms with Gasteiger partial charge in [-0.3, -0.25) is 9.88 Å². The molecule has 0 spiro atoms. The maximum Gasteiger partial charge on any atom is 0.407 e. The first kappa shape index (κ1) is 19.2. The highest BCUT2D eigenvalue weighted by atomic mass is 16.6. The van der Waals surface area contributed by atoms with Crippen LogP contribution in [0.25, 0.3) is 0 Å². The Morgan fingerprint density at radius 3 is 2.74 bits per heavy atom. The molecular weight excluding hydrogens is 296 g/mol. The maximum absolute atomic E-state index is 11.7. The number of amides is 1. The number of pyridine rings is 1. The molecule has 1 amide bonds. The zero-order valence-electron chi connectivity index (χ0n) is 14.6. The zero-order chi connectivity index (χ0) is 17.5. The lowest BCUT2D eigenvalue weighted by atomic mass is 10.2. The fourth-order valence-corrected chi connectivity index (χ4v) is 2.02. The first-order valence-electron chi connectivity index (χ1n) is 7.58. The van der Waals surface area contributed by atoms with Crippen LogP contribution in [0.2, 0.25) is 0 Å². The van der Waals surface area contributed by atoms with E-state index in [2.05, 4.69) is 15.2 Å². The van der Waals surface area contributed by atoms with E-state index >= 15 is 0 Å². The molecular formula is C16H28N4O3. The highest BCUT2D eigenvalue weighted by molar-refractivity contribution is 5.67. The summed E-state index contributed by atoms with van der Waals surface area (Å²) in [5.41, 5.74) is 7.06. The summed E-state index contributed by atoms with van der Waals surface area (Å²) in [5, 5.41) is 2.72. The lowest BCUT2D eigenvalue weighted by Gasteiger charge is -2.25. The number of nitrogens with two attached hydrogens (primary N) is 1. The SMILES string of the molecule is COC(CNC(=O)OC(C)(C)C)CN(C)Cc1ccncc1N. The van der Waals surface area contributed by atoms with Gasteiger partial charge in [0.25, 0.3) is 0 Å². The van der Waals surface area contributed by atoms with Crippen LogP contribution in [0.3, 0.4) is 0 Å². The number of alkyl carbamates (subject to hydrolysis) is 1. The predicted octanol–water partition coefficient (Wildman–Crippen LogP) is 1.64. The average molecular weight is 324 g/mol. The number of nitrogens with one attached hydrogen (secondary N) is 1. The van der Waals surface area contributed by atoms with E-state index < -0.39 is 11.7 Å². The second-order valence-corrected chi connectivity index (χ2v) is 6.51. The van der Waals surface area contributed by atoms with Crippen LogP contribution in [0.15, 0.2) is 18.5 Å². The average Bonchev–Trinajstić information content (AvgIpc) is 2.44. The molecule has 0 saturated heterocycles. The van der Waals surface area contributed by atoms with Gasteiger partial charge in [-0.15, -0.1) is 0 Å². The number of nitrogens with zero attached hydrogens (tertiary/aromatic N) is 2. The van der Waals surface area contributed by atoms with Crippen molar-refractivity contribution in [2.45, 2.75) is 39.0 Å². The molecule has 0 fully saturated rings. The van der Waals surface area contributed by atoms with Gasteiger partial charge >= 0.3 is 6.09 Å². The second kappa shape index (κ2) is 8.69. The van der Waals surface area contributed by atoms with Gasteiger partial charge in [-0.2, -0.15) is 0 Å². The molecule has 7 heteroatoms. The Morgan fingerprint density at radius 1 is 1.48 bits per heavy atom. The molecule has 1 aromatic rings. The number of carbonyl (C=O) groups excluding carboxylic acids is 1. The number of ether oxygens (including phenoxy) is 2. The van der Waals surface area contributed by atoms with Crippen molar-refractivity contribution >= 4 is 11.8 Å². The fourth-order valence-electron chi connectivity index (χ4n) is 2.02. The molecule has 0 aliphatic carbocycles. The summed E-state index contributed by atoms with van der Waals surface area (Å²) in [5.74, 6) is 0. The smallest absolute Gasteiger partial charge is 0.407 e. The Labute approximate surface area is 138 Å². The maximum atomic E-state index is 11.7. The van der Waals surface area contributed by atoms with Crippen molar-refractivity contribution in [3.05, 3.63) is 24.0 Å². The quantitative estimate of drug-likeness (QED) is 0.792. The third kappa shape index (κ3) is 7.80. The minimum absolute atomic E-state index is 0.143. The second-order valence-electron chi connectivity index (χ2n) is 6.51. The molecule has 7 nitrogen and oxygen atoms in total. The molecule has 1 unspecified atom stereocenters. The van der Waals surface area contributed by atoms with Gasteiger partial charge in [0.2, 0.25) is 0 Å². The summed E-state index contributed by atoms with van der Waals surface area (Å²) in [7, 11) is 3.59. The summed E-state index contributed by atoms with van der Waals surface area (Å²) >= 11 is 0. The van der Waals surface area contributed by atoms with E-state index in [-0.39, 0.29) is 6.10 Å². The lowest BCUT2D eigenvalue weighted by molar-refractivity contribution is 0.0403. The number of anilines is 1. The predicted molar refractivity (Wildman–Crippen MR) is 90.0 cm³/mol. The largest absolute Gasteiger partial charge is 0.444 e. The molecule has 0 aliphatic rings. The molecule has 23 heavy (non-hydrogen) atoms. The van der Waals surface area contributed by atoms with Crippen LogP contribution in [-0.2, 0) is 16.0 Å². The molecule has 3 N–H and O–H groups in total. The first-order valence-corrected chi connectivity index (χ1v) is 7.58. The summed E-state index contributed by atoms with van der Waals surface area (Å²) in [4.78, 5) is 17.7. The van der Waals surface area contributed by atoms with Crippen molar-refractivity contribution in [1.82, 2.24) is 15.2 Å². The van der Waals surface area contributed by atoms with Gasteiger partial charge in [-0.1, -0.05) is 0 Å². The molecule has 130 valence electrons. The summed E-state index contributed by atoms with van der Waals surface area (Å²) in [6.07, 6.45) is 2.77. The highest BCUT2D eigenvalue weighted by Gasteiger charge is 2.18. The van der Waals surface area contributed by atoms with Crippen molar-refractivity contribution in [3.63, 3.8) is 0 Å². The minimum atomic E-state index is -0.512. The Hall–Kier alpha value is -1.86. The third-order valence-corrected chi connectivity index (χ3v) is 3.11. The molecule has 0 aliphatic heterocycles. The van der Waals surface area contributed by atoms with Crippen LogP contribution >= 0.6 is 0 Å². The van der Waals surface area contributed by atoms with Gasteiger partial charge in [-0.25, -0.2) is 4.79 Å². The van der Waals surface area contributed by atoms with Gasteiger partial charge < -0.3 is 20.5 Å². The van der Waals surface area contributed by atoms with Gasteiger partial charge in [-0.05, 0) is 39.4 Å². The van der Waals surface area contributed by atoms with Crippen LogP contribution in [0.1, 0.15) is 26.3 Å². The zero-order valence-corrected chi connectivity index (χ0v) is 14.6. The minimum Gasteiger partial charge on any atom is -0.444 e. The van der Waals surface area contributed by atoms with E-state index in [0.717, 1.165) is 5.56 Å². The lowest BCUT2D eigenvalue weighted by Crippen LogP contribution is -2.41. The number of likely N-dealkylation sites (N-methyl/N-ethyl adjacent to an activating group) is 1. The standard InChI is InChI=1S/C16H28N4O3/c1-16(2,3)23-15(21)19-8-13(22-5)11-20(4)10-12-6-7-18-9-14(12)17/h6-7,9,13H,8,10-11,17H2,1-5H3,(H,19,21). The van der Waals surface area contributed by atoms with Gasteiger partial charge in [0.05, 0.1) is 18.0 Å². The van der Waals surface area contributed by atoms with E-state index in [9.17, 15) is 4.79 Å². The number of hydrogen-bond donors (Lipinski definition) is 2. The van der Waals surface area contributed by atoms with Crippen LogP contribution in [-0.4, -0.2) is 54.9 Å². The molecule has 0 aromatic carbocycles.